The average molecular weight is 343 g/mol. The predicted molar refractivity (Wildman–Crippen MR) is 90.1 cm³/mol. The Morgan fingerprint density at radius 2 is 1.88 bits per heavy atom. The Hall–Kier alpha value is -2.89. The lowest BCUT2D eigenvalue weighted by Gasteiger charge is -2.18. The number of benzene rings is 2. The largest absolute Gasteiger partial charge is 0.484 e. The van der Waals surface area contributed by atoms with Crippen LogP contribution in [0.1, 0.15) is 17.9 Å². The fraction of sp³-hybridized carbons (Fsp3) is 0.263. The molecule has 1 amide bonds. The van der Waals surface area contributed by atoms with Gasteiger partial charge in [-0.3, -0.25) is 9.59 Å². The molecule has 0 aliphatic carbocycles. The monoisotopic (exact) mass is 343 g/mol. The van der Waals surface area contributed by atoms with Gasteiger partial charge in [-0.2, -0.15) is 0 Å². The molecule has 2 aromatic rings. The van der Waals surface area contributed by atoms with E-state index >= 15 is 0 Å². The van der Waals surface area contributed by atoms with E-state index in [-0.39, 0.29) is 36.6 Å². The van der Waals surface area contributed by atoms with Crippen molar-refractivity contribution in [3.05, 3.63) is 59.9 Å². The molecule has 3 rings (SSSR count). The van der Waals surface area contributed by atoms with Crippen LogP contribution in [0.3, 0.4) is 0 Å². The summed E-state index contributed by atoms with van der Waals surface area (Å²) >= 11 is 0. The molecule has 0 aromatic heterocycles. The molecule has 6 heteroatoms. The molecule has 2 aromatic carbocycles. The van der Waals surface area contributed by atoms with Crippen LogP contribution in [0.5, 0.6) is 5.75 Å². The smallest absolute Gasteiger partial charge is 0.306 e. The van der Waals surface area contributed by atoms with Crippen molar-refractivity contribution in [3.8, 4) is 5.75 Å². The van der Waals surface area contributed by atoms with Crippen LogP contribution in [0.25, 0.3) is 0 Å². The summed E-state index contributed by atoms with van der Waals surface area (Å²) in [6, 6.07) is 13.0. The van der Waals surface area contributed by atoms with E-state index in [2.05, 4.69) is 0 Å². The zero-order chi connectivity index (χ0) is 17.8. The summed E-state index contributed by atoms with van der Waals surface area (Å²) in [6.45, 7) is 0.241. The van der Waals surface area contributed by atoms with Gasteiger partial charge in [-0.25, -0.2) is 4.39 Å². The highest BCUT2D eigenvalue weighted by Gasteiger charge is 2.33. The van der Waals surface area contributed by atoms with Gasteiger partial charge in [-0.05, 0) is 35.9 Å². The third kappa shape index (κ3) is 3.79. The Morgan fingerprint density at radius 3 is 2.60 bits per heavy atom. The molecular weight excluding hydrogens is 325 g/mol. The molecular formula is C19H18FNO4. The Kier molecular flexibility index (Phi) is 4.97. The molecule has 0 spiro atoms. The number of hydrogen-bond acceptors (Lipinski definition) is 4. The number of halogens is 1. The SMILES string of the molecule is COC(=O)CC1CN(C(=O)COc2ccc(F)cc2)c2ccccc21. The van der Waals surface area contributed by atoms with Crippen molar-refractivity contribution in [2.75, 3.05) is 25.2 Å². The van der Waals surface area contributed by atoms with Gasteiger partial charge in [0.1, 0.15) is 11.6 Å². The number of fused-ring (bicyclic) bond motifs is 1. The fourth-order valence-electron chi connectivity index (χ4n) is 2.94. The number of hydrogen-bond donors (Lipinski definition) is 0. The Balaban J connectivity index is 1.70. The topological polar surface area (TPSA) is 55.8 Å². The highest BCUT2D eigenvalue weighted by atomic mass is 19.1. The van der Waals surface area contributed by atoms with Gasteiger partial charge >= 0.3 is 5.97 Å². The maximum Gasteiger partial charge on any atom is 0.306 e. The summed E-state index contributed by atoms with van der Waals surface area (Å²) in [5.74, 6) is -0.564. The van der Waals surface area contributed by atoms with Gasteiger partial charge in [0, 0.05) is 18.2 Å². The number of para-hydroxylation sites is 1. The Labute approximate surface area is 145 Å². The molecule has 130 valence electrons. The van der Waals surface area contributed by atoms with Crippen LogP contribution in [-0.4, -0.2) is 32.1 Å². The summed E-state index contributed by atoms with van der Waals surface area (Å²) in [5, 5.41) is 0. The second-order valence-electron chi connectivity index (χ2n) is 5.78. The first kappa shape index (κ1) is 17.0. The number of methoxy groups -OCH3 is 1. The van der Waals surface area contributed by atoms with E-state index in [0.29, 0.717) is 12.3 Å². The van der Waals surface area contributed by atoms with E-state index in [0.717, 1.165) is 11.3 Å². The van der Waals surface area contributed by atoms with Gasteiger partial charge in [0.15, 0.2) is 6.61 Å². The maximum absolute atomic E-state index is 12.9. The summed E-state index contributed by atoms with van der Waals surface area (Å²) in [4.78, 5) is 25.8. The third-order valence-corrected chi connectivity index (χ3v) is 4.19. The molecule has 1 atom stereocenters. The molecule has 0 saturated carbocycles. The number of ether oxygens (including phenoxy) is 2. The lowest BCUT2D eigenvalue weighted by molar-refractivity contribution is -0.141. The van der Waals surface area contributed by atoms with Crippen molar-refractivity contribution in [1.82, 2.24) is 0 Å². The quantitative estimate of drug-likeness (QED) is 0.784. The maximum atomic E-state index is 12.9. The summed E-state index contributed by atoms with van der Waals surface area (Å²) in [5.41, 5.74) is 1.73. The van der Waals surface area contributed by atoms with Crippen molar-refractivity contribution in [2.24, 2.45) is 0 Å². The number of rotatable bonds is 5. The second-order valence-corrected chi connectivity index (χ2v) is 5.78. The number of carbonyl (C=O) groups is 2. The first-order valence-corrected chi connectivity index (χ1v) is 7.93. The molecule has 1 unspecified atom stereocenters. The van der Waals surface area contributed by atoms with Gasteiger partial charge in [0.2, 0.25) is 0 Å². The lowest BCUT2D eigenvalue weighted by Crippen LogP contribution is -2.34. The normalized spacial score (nSPS) is 15.6. The van der Waals surface area contributed by atoms with Crippen molar-refractivity contribution >= 4 is 17.6 Å². The third-order valence-electron chi connectivity index (χ3n) is 4.19. The van der Waals surface area contributed by atoms with Crippen LogP contribution in [0.15, 0.2) is 48.5 Å². The number of anilines is 1. The van der Waals surface area contributed by atoms with E-state index in [1.54, 1.807) is 4.90 Å². The Morgan fingerprint density at radius 1 is 1.16 bits per heavy atom. The summed E-state index contributed by atoms with van der Waals surface area (Å²) in [6.07, 6.45) is 0.218. The van der Waals surface area contributed by atoms with Crippen LogP contribution in [0.4, 0.5) is 10.1 Å². The van der Waals surface area contributed by atoms with Crippen molar-refractivity contribution < 1.29 is 23.5 Å². The minimum Gasteiger partial charge on any atom is -0.484 e. The second kappa shape index (κ2) is 7.34. The molecule has 1 heterocycles. The summed E-state index contributed by atoms with van der Waals surface area (Å²) < 4.78 is 23.1. The van der Waals surface area contributed by atoms with Crippen LogP contribution < -0.4 is 9.64 Å². The molecule has 0 fully saturated rings. The average Bonchev–Trinajstić information content (AvgIpc) is 2.99. The number of carbonyl (C=O) groups excluding carboxylic acids is 2. The van der Waals surface area contributed by atoms with Crippen molar-refractivity contribution in [1.29, 1.82) is 0 Å². The minimum atomic E-state index is -0.363. The van der Waals surface area contributed by atoms with Crippen LogP contribution in [-0.2, 0) is 14.3 Å². The van der Waals surface area contributed by atoms with E-state index in [1.807, 2.05) is 24.3 Å². The first-order valence-electron chi connectivity index (χ1n) is 7.93. The first-order chi connectivity index (χ1) is 12.1. The molecule has 0 bridgehead atoms. The van der Waals surface area contributed by atoms with E-state index in [1.165, 1.54) is 31.4 Å². The molecule has 0 saturated heterocycles. The van der Waals surface area contributed by atoms with E-state index < -0.39 is 0 Å². The zero-order valence-electron chi connectivity index (χ0n) is 13.8. The molecule has 25 heavy (non-hydrogen) atoms. The predicted octanol–water partition coefficient (Wildman–Crippen LogP) is 2.90. The van der Waals surface area contributed by atoms with Gasteiger partial charge in [0.25, 0.3) is 5.91 Å². The van der Waals surface area contributed by atoms with Gasteiger partial charge in [-0.1, -0.05) is 18.2 Å². The van der Waals surface area contributed by atoms with Crippen LogP contribution in [0.2, 0.25) is 0 Å². The molecule has 0 N–H and O–H groups in total. The van der Waals surface area contributed by atoms with Gasteiger partial charge in [0.05, 0.1) is 13.5 Å². The summed E-state index contributed by atoms with van der Waals surface area (Å²) in [7, 11) is 1.35. The fourth-order valence-corrected chi connectivity index (χ4v) is 2.94. The van der Waals surface area contributed by atoms with E-state index in [4.69, 9.17) is 9.47 Å². The zero-order valence-corrected chi connectivity index (χ0v) is 13.8. The number of esters is 1. The Bertz CT molecular complexity index is 775. The van der Waals surface area contributed by atoms with Crippen molar-refractivity contribution in [3.63, 3.8) is 0 Å². The van der Waals surface area contributed by atoms with Gasteiger partial charge < -0.3 is 14.4 Å². The standard InChI is InChI=1S/C19H18FNO4/c1-24-19(23)10-13-11-21(17-5-3-2-4-16(13)17)18(22)12-25-15-8-6-14(20)7-9-15/h2-9,13H,10-12H2,1H3. The van der Waals surface area contributed by atoms with E-state index in [9.17, 15) is 14.0 Å². The van der Waals surface area contributed by atoms with Crippen LogP contribution in [0, 0.1) is 5.82 Å². The van der Waals surface area contributed by atoms with Crippen molar-refractivity contribution in [2.45, 2.75) is 12.3 Å². The number of nitrogens with zero attached hydrogens (tertiary/aromatic N) is 1. The molecule has 0 radical (unpaired) electrons. The molecule has 1 aliphatic heterocycles. The highest BCUT2D eigenvalue weighted by Crippen LogP contribution is 2.38. The number of amides is 1. The lowest BCUT2D eigenvalue weighted by atomic mass is 9.98. The van der Waals surface area contributed by atoms with Crippen LogP contribution >= 0.6 is 0 Å². The van der Waals surface area contributed by atoms with Gasteiger partial charge in [-0.15, -0.1) is 0 Å². The molecule has 1 aliphatic rings. The molecule has 5 nitrogen and oxygen atoms in total. The minimum absolute atomic E-state index is 0.0987. The highest BCUT2D eigenvalue weighted by molar-refractivity contribution is 5.97.